The molecule has 3 heterocycles. The monoisotopic (exact) mass is 780 g/mol. The highest BCUT2D eigenvalue weighted by atomic mass is 17.2. The van der Waals surface area contributed by atoms with E-state index in [0.29, 0.717) is 31.1 Å². The molecule has 57 heavy (non-hydrogen) atoms. The van der Waals surface area contributed by atoms with Crippen molar-refractivity contribution in [1.29, 1.82) is 0 Å². The molecule has 3 aliphatic heterocycles. The summed E-state index contributed by atoms with van der Waals surface area (Å²) >= 11 is 0. The third-order valence-corrected chi connectivity index (χ3v) is 11.0. The maximum atomic E-state index is 13.9. The molecule has 2 amide bonds. The Balaban J connectivity index is 1.04. The van der Waals surface area contributed by atoms with E-state index in [1.54, 1.807) is 0 Å². The highest BCUT2D eigenvalue weighted by Gasteiger charge is 2.43. The van der Waals surface area contributed by atoms with E-state index in [4.69, 9.17) is 9.47 Å². The summed E-state index contributed by atoms with van der Waals surface area (Å²) in [6.45, 7) is 13.5. The summed E-state index contributed by atoms with van der Waals surface area (Å²) in [7, 11) is 0. The van der Waals surface area contributed by atoms with Gasteiger partial charge in [-0.15, -0.1) is 0 Å². The lowest BCUT2D eigenvalue weighted by molar-refractivity contribution is -0.248. The van der Waals surface area contributed by atoms with Gasteiger partial charge in [0.05, 0.1) is 37.8 Å². The molecule has 304 valence electrons. The zero-order valence-electron chi connectivity index (χ0n) is 33.8. The molecule has 2 N–H and O–H groups in total. The normalized spacial score (nSPS) is 20.4. The number of carbonyl (C=O) groups is 4. The van der Waals surface area contributed by atoms with Crippen LogP contribution in [0.3, 0.4) is 0 Å². The van der Waals surface area contributed by atoms with Crippen LogP contribution >= 0.6 is 0 Å². The Morgan fingerprint density at radius 2 is 1.70 bits per heavy atom. The van der Waals surface area contributed by atoms with Crippen molar-refractivity contribution in [2.24, 2.45) is 5.92 Å². The molecule has 0 spiro atoms. The number of fused-ring (bicyclic) bond motifs is 3. The summed E-state index contributed by atoms with van der Waals surface area (Å²) < 4.78 is 11.5. The number of ether oxygens (including phenoxy) is 2. The average Bonchev–Trinajstić information content (AvgIpc) is 3.17. The van der Waals surface area contributed by atoms with Crippen LogP contribution < -0.4 is 10.6 Å². The molecule has 3 aliphatic rings. The zero-order chi connectivity index (χ0) is 40.5. The number of anilines is 1. The largest absolute Gasteiger partial charge is 0.444 e. The van der Waals surface area contributed by atoms with Gasteiger partial charge >= 0.3 is 18.5 Å². The summed E-state index contributed by atoms with van der Waals surface area (Å²) in [6, 6.07) is 18.0. The number of hydrogen-bond donors (Lipinski definition) is 2. The van der Waals surface area contributed by atoms with E-state index >= 15 is 0 Å². The molecular formula is C45H56N4O8. The van der Waals surface area contributed by atoms with Crippen molar-refractivity contribution in [1.82, 2.24) is 15.1 Å². The van der Waals surface area contributed by atoms with Crippen molar-refractivity contribution in [3.63, 3.8) is 0 Å². The van der Waals surface area contributed by atoms with Crippen molar-refractivity contribution < 1.29 is 38.4 Å². The first-order valence-corrected chi connectivity index (χ1v) is 20.2. The van der Waals surface area contributed by atoms with Crippen LogP contribution in [0.4, 0.5) is 10.5 Å². The number of benzene rings is 3. The summed E-state index contributed by atoms with van der Waals surface area (Å²) in [5, 5.41) is 9.04. The number of carbonyl (C=O) groups excluding carboxylic acids is 4. The van der Waals surface area contributed by atoms with Gasteiger partial charge in [-0.05, 0) is 133 Å². The fourth-order valence-electron chi connectivity index (χ4n) is 8.20. The van der Waals surface area contributed by atoms with Crippen LogP contribution in [0.5, 0.6) is 0 Å². The Morgan fingerprint density at radius 1 is 0.982 bits per heavy atom. The number of amides is 2. The second-order valence-electron chi connectivity index (χ2n) is 16.5. The summed E-state index contributed by atoms with van der Waals surface area (Å²) in [6.07, 6.45) is 4.89. The molecule has 0 aliphatic carbocycles. The maximum Gasteiger partial charge on any atom is 0.410 e. The van der Waals surface area contributed by atoms with Crippen molar-refractivity contribution in [2.45, 2.75) is 109 Å². The predicted octanol–water partition coefficient (Wildman–Crippen LogP) is 7.08. The molecule has 0 radical (unpaired) electrons. The molecule has 3 aromatic rings. The Kier molecular flexibility index (Phi) is 13.8. The van der Waals surface area contributed by atoms with Crippen molar-refractivity contribution in [3.05, 3.63) is 76.9 Å². The Hall–Kier alpha value is -5.12. The van der Waals surface area contributed by atoms with Crippen LogP contribution in [0.1, 0.15) is 106 Å². The maximum absolute atomic E-state index is 13.9. The van der Waals surface area contributed by atoms with Gasteiger partial charge in [0.25, 0.3) is 5.91 Å². The number of nitrogens with zero attached hydrogens (tertiary/aromatic N) is 2. The van der Waals surface area contributed by atoms with E-state index in [2.05, 4.69) is 61.4 Å². The molecule has 2 bridgehead atoms. The van der Waals surface area contributed by atoms with Gasteiger partial charge in [0, 0.05) is 28.8 Å². The van der Waals surface area contributed by atoms with E-state index in [9.17, 15) is 19.2 Å². The molecule has 0 aromatic heterocycles. The number of morpholine rings is 1. The number of nitrogens with one attached hydrogen (secondary N) is 2. The lowest BCUT2D eigenvalue weighted by Gasteiger charge is -2.48. The van der Waals surface area contributed by atoms with Gasteiger partial charge in [0.2, 0.25) is 0 Å². The molecule has 3 aromatic carbocycles. The molecule has 3 saturated heterocycles. The third kappa shape index (κ3) is 11.1. The Labute approximate surface area is 335 Å². The van der Waals surface area contributed by atoms with E-state index in [1.165, 1.54) is 0 Å². The summed E-state index contributed by atoms with van der Waals surface area (Å²) in [4.78, 5) is 61.2. The van der Waals surface area contributed by atoms with Gasteiger partial charge in [-0.3, -0.25) is 19.4 Å². The van der Waals surface area contributed by atoms with Crippen LogP contribution in [0.15, 0.2) is 54.6 Å². The first kappa shape index (κ1) is 41.5. The van der Waals surface area contributed by atoms with E-state index in [0.717, 1.165) is 84.9 Å². The zero-order valence-corrected chi connectivity index (χ0v) is 33.8. The number of hydrogen-bond acceptors (Lipinski definition) is 10. The van der Waals surface area contributed by atoms with Gasteiger partial charge in [-0.2, -0.15) is 0 Å². The molecule has 6 rings (SSSR count). The van der Waals surface area contributed by atoms with Crippen molar-refractivity contribution in [2.75, 3.05) is 38.2 Å². The SMILES string of the molecule is Cc1ccc(NC2C[C@@H]3COC[C@@H](C2)N3C(=O)OC(C)(C)C)cc1C(=O)N[C@H](C)c1ccc(C#CC2CCN(CCCCC(=O)OOC=O)CC2)c2ccccc12. The van der Waals surface area contributed by atoms with Crippen LogP contribution in [-0.4, -0.2) is 90.8 Å². The predicted molar refractivity (Wildman–Crippen MR) is 217 cm³/mol. The number of aryl methyl sites for hydroxylation is 1. The van der Waals surface area contributed by atoms with E-state index in [-0.39, 0.29) is 49.1 Å². The number of unbranched alkanes of at least 4 members (excludes halogenated alkanes) is 1. The quantitative estimate of drug-likeness (QED) is 0.0646. The smallest absolute Gasteiger partial charge is 0.410 e. The van der Waals surface area contributed by atoms with Crippen LogP contribution in [0, 0.1) is 24.7 Å². The fourth-order valence-corrected chi connectivity index (χ4v) is 8.20. The molecule has 0 saturated carbocycles. The fraction of sp³-hybridized carbons (Fsp3) is 0.511. The van der Waals surface area contributed by atoms with E-state index in [1.807, 2.05) is 69.9 Å². The van der Waals surface area contributed by atoms with Crippen LogP contribution in [0.2, 0.25) is 0 Å². The van der Waals surface area contributed by atoms with Crippen molar-refractivity contribution >= 4 is 40.9 Å². The topological polar surface area (TPSA) is 136 Å². The standard InChI is InChI=1S/C45H56N4O8/c1-30-13-17-34(47-35-24-36-27-54-28-37(25-35)49(36)44(53)56-45(3,4)5)26-41(30)43(52)46-31(2)38-18-16-33(39-10-6-7-11-40(38)39)15-14-32-19-22-48(23-20-32)21-9-8-12-42(51)57-55-29-50/h6-7,10-11,13,16-18,26,29,31-32,35-37,47H,8-9,12,19-25,27-28H2,1-5H3,(H,46,52)/t31-,36-,37-/m1/s1. The van der Waals surface area contributed by atoms with Gasteiger partial charge < -0.3 is 25.0 Å². The first-order valence-electron chi connectivity index (χ1n) is 20.2. The minimum Gasteiger partial charge on any atom is -0.444 e. The first-order chi connectivity index (χ1) is 27.4. The van der Waals surface area contributed by atoms with Gasteiger partial charge in [0.15, 0.2) is 0 Å². The molecule has 12 heteroatoms. The second kappa shape index (κ2) is 18.9. The van der Waals surface area contributed by atoms with Gasteiger partial charge in [0.1, 0.15) is 5.60 Å². The average molecular weight is 781 g/mol. The molecule has 3 atom stereocenters. The van der Waals surface area contributed by atoms with Gasteiger partial charge in [-0.25, -0.2) is 14.5 Å². The summed E-state index contributed by atoms with van der Waals surface area (Å²) in [5.74, 6) is 6.65. The van der Waals surface area contributed by atoms with Crippen LogP contribution in [0.25, 0.3) is 10.8 Å². The molecular weight excluding hydrogens is 725 g/mol. The molecule has 0 unspecified atom stereocenters. The van der Waals surface area contributed by atoms with Crippen LogP contribution in [-0.2, 0) is 28.8 Å². The lowest BCUT2D eigenvalue weighted by Crippen LogP contribution is -2.61. The second-order valence-corrected chi connectivity index (χ2v) is 16.5. The highest BCUT2D eigenvalue weighted by Crippen LogP contribution is 2.32. The van der Waals surface area contributed by atoms with E-state index < -0.39 is 11.6 Å². The summed E-state index contributed by atoms with van der Waals surface area (Å²) in [5.41, 5.74) is 3.81. The third-order valence-electron chi connectivity index (χ3n) is 11.0. The minimum atomic E-state index is -0.565. The number of rotatable bonds is 12. The molecule has 3 fully saturated rings. The Morgan fingerprint density at radius 3 is 2.40 bits per heavy atom. The highest BCUT2D eigenvalue weighted by molar-refractivity contribution is 5.97. The number of likely N-dealkylation sites (tertiary alicyclic amines) is 1. The van der Waals surface area contributed by atoms with Gasteiger partial charge in [-0.1, -0.05) is 48.2 Å². The van der Waals surface area contributed by atoms with Crippen molar-refractivity contribution in [3.8, 4) is 11.8 Å². The minimum absolute atomic E-state index is 0.0777. The number of piperidine rings is 2. The Bertz CT molecular complexity index is 1960. The molecule has 12 nitrogen and oxygen atoms in total. The lowest BCUT2D eigenvalue weighted by atomic mass is 9.90.